The van der Waals surface area contributed by atoms with Gasteiger partial charge in [0.25, 0.3) is 0 Å². The van der Waals surface area contributed by atoms with Gasteiger partial charge in [0.05, 0.1) is 30.2 Å². The molecule has 0 fully saturated rings. The Hall–Kier alpha value is -6.26. The second-order valence-electron chi connectivity index (χ2n) is 12.8. The van der Waals surface area contributed by atoms with Gasteiger partial charge in [-0.25, -0.2) is 23.6 Å². The second kappa shape index (κ2) is 13.5. The van der Waals surface area contributed by atoms with Crippen molar-refractivity contribution in [3.63, 3.8) is 0 Å². The smallest absolute Gasteiger partial charge is 0.419 e. The van der Waals surface area contributed by atoms with Crippen molar-refractivity contribution >= 4 is 29.3 Å². The van der Waals surface area contributed by atoms with Gasteiger partial charge in [0.1, 0.15) is 23.3 Å². The highest BCUT2D eigenvalue weighted by molar-refractivity contribution is 6.02. The van der Waals surface area contributed by atoms with Gasteiger partial charge in [0, 0.05) is 40.1 Å². The molecule has 4 heterocycles. The summed E-state index contributed by atoms with van der Waals surface area (Å²) in [6.45, 7) is 3.48. The Morgan fingerprint density at radius 2 is 1.90 bits per heavy atom. The number of aromatic nitrogens is 5. The number of nitrogens with zero attached hydrogens (tertiary/aromatic N) is 4. The largest absolute Gasteiger partial charge is 0.618 e. The van der Waals surface area contributed by atoms with E-state index >= 15 is 0 Å². The fourth-order valence-corrected chi connectivity index (χ4v) is 6.05. The third-order valence-corrected chi connectivity index (χ3v) is 8.86. The number of anilines is 2. The van der Waals surface area contributed by atoms with Crippen molar-refractivity contribution in [1.82, 2.24) is 19.7 Å². The number of carboxylic acids is 1. The number of carbonyl (C=O) groups excluding carboxylic acids is 2. The zero-order valence-electron chi connectivity index (χ0n) is 27.8. The summed E-state index contributed by atoms with van der Waals surface area (Å²) < 4.78 is 60.6. The number of halogens is 4. The summed E-state index contributed by atoms with van der Waals surface area (Å²) in [5.41, 5.74) is -1.20. The molecule has 0 saturated heterocycles. The van der Waals surface area contributed by atoms with E-state index in [4.69, 9.17) is 0 Å². The number of H-pyrrole nitrogens is 1. The third-order valence-electron chi connectivity index (χ3n) is 8.86. The highest BCUT2D eigenvalue weighted by Crippen LogP contribution is 2.39. The summed E-state index contributed by atoms with van der Waals surface area (Å²) in [6.07, 6.45) is -1.92. The zero-order valence-corrected chi connectivity index (χ0v) is 27.8. The minimum absolute atomic E-state index is 0.0401. The number of carboxylic acid groups (broad SMARTS) is 1. The Balaban J connectivity index is 1.46. The van der Waals surface area contributed by atoms with E-state index in [1.807, 2.05) is 0 Å². The molecule has 1 aliphatic heterocycles. The van der Waals surface area contributed by atoms with Gasteiger partial charge in [-0.3, -0.25) is 10.1 Å². The normalized spacial score (nSPS) is 15.8. The molecular formula is C35H31F4N7O6. The molecule has 0 radical (unpaired) electrons. The lowest BCUT2D eigenvalue weighted by Gasteiger charge is -2.26. The molecule has 4 N–H and O–H groups in total. The lowest BCUT2D eigenvalue weighted by Crippen LogP contribution is -2.34. The van der Waals surface area contributed by atoms with Gasteiger partial charge < -0.3 is 25.4 Å². The quantitative estimate of drug-likeness (QED) is 0.0862. The number of hydrogen-bond donors (Lipinski definition) is 4. The average molecular weight is 722 g/mol. The number of alkyl halides is 3. The van der Waals surface area contributed by atoms with E-state index < -0.39 is 41.0 Å². The molecule has 0 aliphatic carbocycles. The van der Waals surface area contributed by atoms with Crippen molar-refractivity contribution in [3.05, 3.63) is 101 Å². The second-order valence-corrected chi connectivity index (χ2v) is 12.8. The highest BCUT2D eigenvalue weighted by atomic mass is 19.4. The number of ether oxygens (including phenoxy) is 1. The molecule has 1 atom stereocenters. The van der Waals surface area contributed by atoms with Crippen molar-refractivity contribution in [2.75, 3.05) is 17.7 Å². The fraction of sp³-hybridized carbons (Fsp3) is 0.257. The standard InChI is InChI=1S/C35H31F4N7O6/c1-34(2)12-4-5-23(30-43-28(29(44-30)31(47)48)22-9-8-21(41-33(50)52-3)14-25(22)42-32(34)49)27-10-6-18(16-46(27)51)24-13-20(36)7-11-26(24)45-17-19(15-40-45)35(37,38)39/h6-11,13-17,23H,4-5,12H2,1-3H3,(H,41,50)(H,42,49)(H,43,44)(H,47,48)/t23-/m1/s1. The van der Waals surface area contributed by atoms with E-state index in [1.54, 1.807) is 13.8 Å². The Kier molecular flexibility index (Phi) is 9.21. The number of amides is 2. The van der Waals surface area contributed by atoms with Crippen LogP contribution in [0.25, 0.3) is 28.1 Å². The first kappa shape index (κ1) is 35.6. The molecule has 2 amide bonds. The van der Waals surface area contributed by atoms with Crippen molar-refractivity contribution in [1.29, 1.82) is 0 Å². The van der Waals surface area contributed by atoms with Crippen LogP contribution in [0, 0.1) is 16.4 Å². The topological polar surface area (TPSA) is 178 Å². The monoisotopic (exact) mass is 721 g/mol. The highest BCUT2D eigenvalue weighted by Gasteiger charge is 2.35. The molecular weight excluding hydrogens is 690 g/mol. The summed E-state index contributed by atoms with van der Waals surface area (Å²) >= 11 is 0. The van der Waals surface area contributed by atoms with Crippen LogP contribution in [0.15, 0.2) is 67.1 Å². The van der Waals surface area contributed by atoms with E-state index in [1.165, 1.54) is 43.5 Å². The van der Waals surface area contributed by atoms with Gasteiger partial charge in [-0.1, -0.05) is 20.3 Å². The number of aromatic carboxylic acids is 1. The Bertz CT molecular complexity index is 2210. The van der Waals surface area contributed by atoms with Crippen molar-refractivity contribution in [2.24, 2.45) is 5.41 Å². The number of aromatic amines is 1. The molecule has 270 valence electrons. The van der Waals surface area contributed by atoms with E-state index in [0.717, 1.165) is 29.2 Å². The minimum atomic E-state index is -4.66. The van der Waals surface area contributed by atoms with Crippen LogP contribution in [0.1, 0.15) is 66.6 Å². The lowest BCUT2D eigenvalue weighted by molar-refractivity contribution is -0.614. The van der Waals surface area contributed by atoms with Gasteiger partial charge in [-0.05, 0) is 55.3 Å². The maximum Gasteiger partial charge on any atom is 0.419 e. The molecule has 2 bridgehead atoms. The Morgan fingerprint density at radius 1 is 1.13 bits per heavy atom. The SMILES string of the molecule is COC(=O)Nc1ccc2c(c1)NC(=O)C(C)(C)CCC[C@H](c1ccc(-c3cc(F)ccc3-n3cc(C(F)(F)F)cn3)c[n+]1[O-])c1nc-2c(C(=O)O)[nH]1. The Labute approximate surface area is 292 Å². The molecule has 0 saturated carbocycles. The zero-order chi connectivity index (χ0) is 37.5. The maximum absolute atomic E-state index is 14.5. The van der Waals surface area contributed by atoms with E-state index in [-0.39, 0.29) is 69.0 Å². The van der Waals surface area contributed by atoms with Crippen LogP contribution in [0.5, 0.6) is 0 Å². The van der Waals surface area contributed by atoms with Gasteiger partial charge in [-0.2, -0.15) is 23.0 Å². The molecule has 2 aromatic carbocycles. The van der Waals surface area contributed by atoms with Crippen LogP contribution in [-0.4, -0.2) is 49.9 Å². The first-order valence-electron chi connectivity index (χ1n) is 15.8. The maximum atomic E-state index is 14.5. The lowest BCUT2D eigenvalue weighted by atomic mass is 9.83. The number of methoxy groups -OCH3 is 1. The van der Waals surface area contributed by atoms with Gasteiger partial charge in [-0.15, -0.1) is 0 Å². The molecule has 5 aromatic rings. The molecule has 0 unspecified atom stereocenters. The van der Waals surface area contributed by atoms with Gasteiger partial charge in [0.2, 0.25) is 11.6 Å². The van der Waals surface area contributed by atoms with Crippen molar-refractivity contribution in [3.8, 4) is 28.1 Å². The summed E-state index contributed by atoms with van der Waals surface area (Å²) in [6, 6.07) is 10.7. The number of hydrogen-bond acceptors (Lipinski definition) is 7. The summed E-state index contributed by atoms with van der Waals surface area (Å²) in [4.78, 5) is 45.5. The van der Waals surface area contributed by atoms with Crippen LogP contribution < -0.4 is 15.4 Å². The predicted molar refractivity (Wildman–Crippen MR) is 178 cm³/mol. The third kappa shape index (κ3) is 7.01. The number of rotatable bonds is 5. The summed E-state index contributed by atoms with van der Waals surface area (Å²) in [5.74, 6) is -3.14. The molecule has 3 aromatic heterocycles. The minimum Gasteiger partial charge on any atom is -0.618 e. The van der Waals surface area contributed by atoms with Crippen LogP contribution in [-0.2, 0) is 15.7 Å². The molecule has 6 rings (SSSR count). The van der Waals surface area contributed by atoms with Crippen molar-refractivity contribution in [2.45, 2.75) is 45.2 Å². The fourth-order valence-electron chi connectivity index (χ4n) is 6.05. The van der Waals surface area contributed by atoms with Gasteiger partial charge in [0.15, 0.2) is 11.9 Å². The first-order chi connectivity index (χ1) is 24.5. The van der Waals surface area contributed by atoms with Crippen LogP contribution >= 0.6 is 0 Å². The predicted octanol–water partition coefficient (Wildman–Crippen LogP) is 6.88. The van der Waals surface area contributed by atoms with Crippen molar-refractivity contribution < 1.29 is 46.5 Å². The van der Waals surface area contributed by atoms with E-state index in [0.29, 0.717) is 23.8 Å². The molecule has 1 aliphatic rings. The van der Waals surface area contributed by atoms with E-state index in [2.05, 4.69) is 30.4 Å². The summed E-state index contributed by atoms with van der Waals surface area (Å²) in [5, 5.41) is 33.2. The molecule has 13 nitrogen and oxygen atoms in total. The van der Waals surface area contributed by atoms with Crippen LogP contribution in [0.4, 0.5) is 33.7 Å². The Morgan fingerprint density at radius 3 is 2.58 bits per heavy atom. The van der Waals surface area contributed by atoms with E-state index in [9.17, 15) is 42.3 Å². The molecule has 52 heavy (non-hydrogen) atoms. The number of benzene rings is 2. The van der Waals surface area contributed by atoms with Gasteiger partial charge >= 0.3 is 18.2 Å². The first-order valence-corrected chi connectivity index (χ1v) is 15.8. The average Bonchev–Trinajstić information content (AvgIpc) is 3.76. The molecule has 0 spiro atoms. The summed E-state index contributed by atoms with van der Waals surface area (Å²) in [7, 11) is 1.18. The number of pyridine rings is 1. The molecule has 17 heteroatoms. The number of carbonyl (C=O) groups is 3. The number of nitrogens with one attached hydrogen (secondary N) is 3. The van der Waals surface area contributed by atoms with Crippen LogP contribution in [0.3, 0.4) is 0 Å². The van der Waals surface area contributed by atoms with Crippen LogP contribution in [0.2, 0.25) is 0 Å². The number of fused-ring (bicyclic) bond motifs is 4. The number of imidazole rings is 1.